The molecule has 3 aromatic rings. The average Bonchev–Trinajstić information content (AvgIpc) is 3.03. The molecule has 0 aliphatic carbocycles. The van der Waals surface area contributed by atoms with E-state index in [0.29, 0.717) is 23.0 Å². The molecule has 3 rings (SSSR count). The van der Waals surface area contributed by atoms with Gasteiger partial charge in [-0.2, -0.15) is 0 Å². The van der Waals surface area contributed by atoms with Crippen LogP contribution in [0.3, 0.4) is 0 Å². The zero-order valence-corrected chi connectivity index (χ0v) is 12.4. The molecule has 0 saturated carbocycles. The number of carbonyl (C=O) groups excluding carboxylic acids is 1. The number of benzene rings is 1. The van der Waals surface area contributed by atoms with Crippen molar-refractivity contribution in [2.24, 2.45) is 0 Å². The Morgan fingerprint density at radius 3 is 2.64 bits per heavy atom. The third kappa shape index (κ3) is 3.35. The summed E-state index contributed by atoms with van der Waals surface area (Å²) in [6.07, 6.45) is 1.58. The van der Waals surface area contributed by atoms with Crippen LogP contribution < -0.4 is 5.32 Å². The Morgan fingerprint density at radius 1 is 1.09 bits per heavy atom. The highest BCUT2D eigenvalue weighted by Gasteiger charge is 2.08. The maximum absolute atomic E-state index is 11.9. The van der Waals surface area contributed by atoms with E-state index in [1.54, 1.807) is 24.4 Å². The maximum Gasteiger partial charge on any atom is 0.270 e. The molecule has 4 nitrogen and oxygen atoms in total. The van der Waals surface area contributed by atoms with Gasteiger partial charge in [-0.3, -0.25) is 9.78 Å². The first-order chi connectivity index (χ1) is 10.7. The molecule has 2 heterocycles. The van der Waals surface area contributed by atoms with Crippen molar-refractivity contribution in [2.45, 2.75) is 6.54 Å². The lowest BCUT2D eigenvalue weighted by Gasteiger charge is -2.02. The van der Waals surface area contributed by atoms with Crippen LogP contribution in [0.4, 0.5) is 0 Å². The molecule has 1 N–H and O–H groups in total. The molecule has 1 amide bonds. The van der Waals surface area contributed by atoms with Gasteiger partial charge in [0.2, 0.25) is 0 Å². The number of nitrogens with one attached hydrogen (secondary N) is 1. The van der Waals surface area contributed by atoms with E-state index in [-0.39, 0.29) is 5.91 Å². The fourth-order valence-electron chi connectivity index (χ4n) is 2.00. The Balaban J connectivity index is 1.65. The minimum absolute atomic E-state index is 0.231. The lowest BCUT2D eigenvalue weighted by molar-refractivity contribution is 0.0943. The predicted molar refractivity (Wildman–Crippen MR) is 84.6 cm³/mol. The Bertz CT molecular complexity index is 767. The van der Waals surface area contributed by atoms with E-state index in [0.717, 1.165) is 11.3 Å². The molecule has 1 aromatic carbocycles. The number of halogens is 1. The SMILES string of the molecule is O=C(NCc1ccc(-c2ccc(Cl)cc2)o1)c1ccccn1. The van der Waals surface area contributed by atoms with Crippen LogP contribution in [-0.2, 0) is 6.54 Å². The van der Waals surface area contributed by atoms with Gasteiger partial charge in [0.1, 0.15) is 17.2 Å². The monoisotopic (exact) mass is 312 g/mol. The van der Waals surface area contributed by atoms with Gasteiger partial charge in [0.05, 0.1) is 6.54 Å². The molecular weight excluding hydrogens is 300 g/mol. The fourth-order valence-corrected chi connectivity index (χ4v) is 2.12. The molecule has 5 heteroatoms. The van der Waals surface area contributed by atoms with Crippen molar-refractivity contribution in [3.05, 3.63) is 77.3 Å². The second-order valence-corrected chi connectivity index (χ2v) is 5.11. The number of carbonyl (C=O) groups is 1. The second kappa shape index (κ2) is 6.45. The Morgan fingerprint density at radius 2 is 1.91 bits per heavy atom. The van der Waals surface area contributed by atoms with Gasteiger partial charge >= 0.3 is 0 Å². The highest BCUT2D eigenvalue weighted by Crippen LogP contribution is 2.23. The minimum atomic E-state index is -0.231. The Labute approximate surface area is 132 Å². The van der Waals surface area contributed by atoms with E-state index < -0.39 is 0 Å². The summed E-state index contributed by atoms with van der Waals surface area (Å²) >= 11 is 5.86. The average molecular weight is 313 g/mol. The molecule has 0 bridgehead atoms. The number of hydrogen-bond donors (Lipinski definition) is 1. The van der Waals surface area contributed by atoms with Gasteiger partial charge < -0.3 is 9.73 Å². The van der Waals surface area contributed by atoms with Crippen molar-refractivity contribution >= 4 is 17.5 Å². The number of amides is 1. The first kappa shape index (κ1) is 14.4. The van der Waals surface area contributed by atoms with Crippen molar-refractivity contribution in [1.82, 2.24) is 10.3 Å². The summed E-state index contributed by atoms with van der Waals surface area (Å²) in [4.78, 5) is 15.9. The molecule has 0 unspecified atom stereocenters. The molecule has 0 saturated heterocycles. The van der Waals surface area contributed by atoms with E-state index in [2.05, 4.69) is 10.3 Å². The van der Waals surface area contributed by atoms with Gasteiger partial charge in [0, 0.05) is 16.8 Å². The van der Waals surface area contributed by atoms with Crippen LogP contribution in [0.2, 0.25) is 5.02 Å². The summed E-state index contributed by atoms with van der Waals surface area (Å²) in [5.41, 5.74) is 1.32. The topological polar surface area (TPSA) is 55.1 Å². The third-order valence-corrected chi connectivity index (χ3v) is 3.36. The zero-order chi connectivity index (χ0) is 15.4. The summed E-state index contributed by atoms with van der Waals surface area (Å²) in [6.45, 7) is 0.309. The molecule has 0 aliphatic heterocycles. The molecule has 0 radical (unpaired) electrons. The molecule has 22 heavy (non-hydrogen) atoms. The fraction of sp³-hybridized carbons (Fsp3) is 0.0588. The van der Waals surface area contributed by atoms with Crippen LogP contribution in [0.5, 0.6) is 0 Å². The van der Waals surface area contributed by atoms with Crippen molar-refractivity contribution in [2.75, 3.05) is 0 Å². The molecule has 2 aromatic heterocycles. The van der Waals surface area contributed by atoms with Crippen molar-refractivity contribution in [3.63, 3.8) is 0 Å². The van der Waals surface area contributed by atoms with E-state index in [1.165, 1.54) is 0 Å². The zero-order valence-electron chi connectivity index (χ0n) is 11.6. The highest BCUT2D eigenvalue weighted by atomic mass is 35.5. The molecule has 0 fully saturated rings. The summed E-state index contributed by atoms with van der Waals surface area (Å²) in [5.74, 6) is 1.18. The Hall–Kier alpha value is -2.59. The number of aromatic nitrogens is 1. The van der Waals surface area contributed by atoms with Gasteiger partial charge in [-0.25, -0.2) is 0 Å². The summed E-state index contributed by atoms with van der Waals surface area (Å²) < 4.78 is 5.72. The first-order valence-electron chi connectivity index (χ1n) is 6.76. The van der Waals surface area contributed by atoms with Crippen LogP contribution in [0.25, 0.3) is 11.3 Å². The molecule has 0 spiro atoms. The van der Waals surface area contributed by atoms with E-state index in [1.807, 2.05) is 36.4 Å². The van der Waals surface area contributed by atoms with Gasteiger partial charge in [-0.1, -0.05) is 17.7 Å². The summed E-state index contributed by atoms with van der Waals surface area (Å²) in [5, 5.41) is 3.45. The second-order valence-electron chi connectivity index (χ2n) is 4.67. The third-order valence-electron chi connectivity index (χ3n) is 3.11. The summed E-state index contributed by atoms with van der Waals surface area (Å²) in [7, 11) is 0. The van der Waals surface area contributed by atoms with Crippen LogP contribution in [-0.4, -0.2) is 10.9 Å². The molecule has 110 valence electrons. The number of nitrogens with zero attached hydrogens (tertiary/aromatic N) is 1. The lowest BCUT2D eigenvalue weighted by Crippen LogP contribution is -2.23. The highest BCUT2D eigenvalue weighted by molar-refractivity contribution is 6.30. The van der Waals surface area contributed by atoms with Crippen LogP contribution in [0, 0.1) is 0 Å². The maximum atomic E-state index is 11.9. The smallest absolute Gasteiger partial charge is 0.270 e. The molecule has 0 aliphatic rings. The van der Waals surface area contributed by atoms with E-state index in [4.69, 9.17) is 16.0 Å². The van der Waals surface area contributed by atoms with Gasteiger partial charge in [-0.15, -0.1) is 0 Å². The van der Waals surface area contributed by atoms with E-state index in [9.17, 15) is 4.79 Å². The Kier molecular flexibility index (Phi) is 4.21. The van der Waals surface area contributed by atoms with Crippen molar-refractivity contribution in [1.29, 1.82) is 0 Å². The van der Waals surface area contributed by atoms with Crippen LogP contribution >= 0.6 is 11.6 Å². The largest absolute Gasteiger partial charge is 0.459 e. The number of hydrogen-bond acceptors (Lipinski definition) is 3. The van der Waals surface area contributed by atoms with Gasteiger partial charge in [-0.05, 0) is 48.5 Å². The van der Waals surface area contributed by atoms with E-state index >= 15 is 0 Å². The lowest BCUT2D eigenvalue weighted by atomic mass is 10.2. The van der Waals surface area contributed by atoms with Crippen molar-refractivity contribution in [3.8, 4) is 11.3 Å². The summed E-state index contributed by atoms with van der Waals surface area (Å²) in [6, 6.07) is 16.3. The quantitative estimate of drug-likeness (QED) is 0.794. The molecular formula is C17H13ClN2O2. The standard InChI is InChI=1S/C17H13ClN2O2/c18-13-6-4-12(5-7-13)16-9-8-14(22-16)11-20-17(21)15-3-1-2-10-19-15/h1-10H,11H2,(H,20,21). The predicted octanol–water partition coefficient (Wildman–Crippen LogP) is 3.93. The van der Waals surface area contributed by atoms with Crippen molar-refractivity contribution < 1.29 is 9.21 Å². The van der Waals surface area contributed by atoms with Gasteiger partial charge in [0.15, 0.2) is 0 Å². The number of rotatable bonds is 4. The normalized spacial score (nSPS) is 10.4. The van der Waals surface area contributed by atoms with Gasteiger partial charge in [0.25, 0.3) is 5.91 Å². The number of pyridine rings is 1. The molecule has 0 atom stereocenters. The minimum Gasteiger partial charge on any atom is -0.459 e. The van der Waals surface area contributed by atoms with Crippen LogP contribution in [0.15, 0.2) is 65.2 Å². The number of furan rings is 1. The van der Waals surface area contributed by atoms with Crippen LogP contribution in [0.1, 0.15) is 16.2 Å². The first-order valence-corrected chi connectivity index (χ1v) is 7.14.